The van der Waals surface area contributed by atoms with Crippen molar-refractivity contribution in [1.29, 1.82) is 0 Å². The van der Waals surface area contributed by atoms with Crippen molar-refractivity contribution in [1.82, 2.24) is 0 Å². The maximum Gasteiger partial charge on any atom is 0.231 e. The summed E-state index contributed by atoms with van der Waals surface area (Å²) in [5, 5.41) is 9.41. The van der Waals surface area contributed by atoms with Gasteiger partial charge in [-0.15, -0.1) is 0 Å². The molecule has 0 saturated heterocycles. The molecule has 6 heteroatoms. The van der Waals surface area contributed by atoms with E-state index in [9.17, 15) is 9.90 Å². The van der Waals surface area contributed by atoms with Crippen molar-refractivity contribution in [2.24, 2.45) is 0 Å². The molecule has 0 fully saturated rings. The molecular formula is C12H14O6. The second-order valence-corrected chi connectivity index (χ2v) is 3.74. The third kappa shape index (κ3) is 2.06. The Bertz CT molecular complexity index is 456. The number of ether oxygens (including phenoxy) is 4. The van der Waals surface area contributed by atoms with Crippen LogP contribution in [-0.4, -0.2) is 38.5 Å². The van der Waals surface area contributed by atoms with Crippen LogP contribution in [0.1, 0.15) is 5.56 Å². The average Bonchev–Trinajstić information content (AvgIpc) is 2.84. The number of fused-ring (bicyclic) bond motifs is 1. The number of hydrogen-bond acceptors (Lipinski definition) is 6. The Morgan fingerprint density at radius 3 is 2.72 bits per heavy atom. The highest BCUT2D eigenvalue weighted by Crippen LogP contribution is 2.49. The summed E-state index contributed by atoms with van der Waals surface area (Å²) in [4.78, 5) is 10.5. The van der Waals surface area contributed by atoms with E-state index in [2.05, 4.69) is 0 Å². The van der Waals surface area contributed by atoms with E-state index in [1.165, 1.54) is 14.2 Å². The van der Waals surface area contributed by atoms with Crippen LogP contribution < -0.4 is 18.9 Å². The Kier molecular flexibility index (Phi) is 3.57. The Labute approximate surface area is 104 Å². The Morgan fingerprint density at radius 1 is 1.39 bits per heavy atom. The fraction of sp³-hybridized carbons (Fsp3) is 0.417. The van der Waals surface area contributed by atoms with Crippen LogP contribution in [0, 0.1) is 0 Å². The Hall–Kier alpha value is -1.95. The standard InChI is InChI=1S/C12H14O6/c1-15-10-7(3-8(14)5-13)4-9-11(12(10)16-2)18-6-17-9/h4-5,8,14H,3,6H2,1-2H3. The molecule has 1 unspecified atom stereocenters. The SMILES string of the molecule is COc1c(CC(O)C=O)cc2c(c1OC)OCO2. The number of benzene rings is 1. The van der Waals surface area contributed by atoms with Crippen molar-refractivity contribution in [3.05, 3.63) is 11.6 Å². The summed E-state index contributed by atoms with van der Waals surface area (Å²) in [6, 6.07) is 1.68. The summed E-state index contributed by atoms with van der Waals surface area (Å²) in [6.45, 7) is 0.106. The summed E-state index contributed by atoms with van der Waals surface area (Å²) in [6.07, 6.45) is -0.500. The van der Waals surface area contributed by atoms with Crippen molar-refractivity contribution in [3.63, 3.8) is 0 Å². The molecule has 1 N–H and O–H groups in total. The molecule has 1 aliphatic rings. The quantitative estimate of drug-likeness (QED) is 0.773. The molecule has 0 aromatic heterocycles. The monoisotopic (exact) mass is 254 g/mol. The van der Waals surface area contributed by atoms with Crippen LogP contribution in [0.25, 0.3) is 0 Å². The van der Waals surface area contributed by atoms with Crippen LogP contribution in [0.5, 0.6) is 23.0 Å². The highest BCUT2D eigenvalue weighted by atomic mass is 16.7. The maximum atomic E-state index is 10.5. The minimum absolute atomic E-state index is 0.106. The van der Waals surface area contributed by atoms with Gasteiger partial charge in [-0.25, -0.2) is 0 Å². The van der Waals surface area contributed by atoms with E-state index in [-0.39, 0.29) is 13.2 Å². The van der Waals surface area contributed by atoms with E-state index in [1.54, 1.807) is 6.07 Å². The summed E-state index contributed by atoms with van der Waals surface area (Å²) in [5.41, 5.74) is 0.623. The van der Waals surface area contributed by atoms with Gasteiger partial charge in [-0.05, 0) is 6.07 Å². The molecule has 0 aliphatic carbocycles. The molecule has 2 rings (SSSR count). The minimum atomic E-state index is -1.09. The van der Waals surface area contributed by atoms with Crippen molar-refractivity contribution >= 4 is 6.29 Å². The smallest absolute Gasteiger partial charge is 0.231 e. The van der Waals surface area contributed by atoms with Gasteiger partial charge in [0.05, 0.1) is 14.2 Å². The number of carbonyl (C=O) groups excluding carboxylic acids is 1. The van der Waals surface area contributed by atoms with Gasteiger partial charge in [0.1, 0.15) is 12.4 Å². The molecule has 0 amide bonds. The van der Waals surface area contributed by atoms with Gasteiger partial charge in [-0.3, -0.25) is 0 Å². The second kappa shape index (κ2) is 5.14. The number of aldehydes is 1. The van der Waals surface area contributed by atoms with Gasteiger partial charge in [-0.1, -0.05) is 0 Å². The number of rotatable bonds is 5. The van der Waals surface area contributed by atoms with Gasteiger partial charge in [0.15, 0.2) is 11.5 Å². The lowest BCUT2D eigenvalue weighted by atomic mass is 10.1. The fourth-order valence-electron chi connectivity index (χ4n) is 1.88. The molecule has 0 radical (unpaired) electrons. The highest BCUT2D eigenvalue weighted by molar-refractivity contribution is 5.65. The molecule has 0 saturated carbocycles. The molecule has 1 aromatic rings. The van der Waals surface area contributed by atoms with Gasteiger partial charge >= 0.3 is 0 Å². The lowest BCUT2D eigenvalue weighted by molar-refractivity contribution is -0.114. The normalized spacial score (nSPS) is 14.2. The van der Waals surface area contributed by atoms with Crippen molar-refractivity contribution < 1.29 is 28.8 Å². The average molecular weight is 254 g/mol. The zero-order valence-electron chi connectivity index (χ0n) is 10.1. The lowest BCUT2D eigenvalue weighted by Crippen LogP contribution is -2.12. The lowest BCUT2D eigenvalue weighted by Gasteiger charge is -2.15. The van der Waals surface area contributed by atoms with Crippen LogP contribution in [0.15, 0.2) is 6.07 Å². The van der Waals surface area contributed by atoms with E-state index in [1.807, 2.05) is 0 Å². The van der Waals surface area contributed by atoms with Crippen molar-refractivity contribution in [2.45, 2.75) is 12.5 Å². The molecule has 1 aromatic carbocycles. The summed E-state index contributed by atoms with van der Waals surface area (Å²) in [7, 11) is 2.97. The van der Waals surface area contributed by atoms with Crippen molar-refractivity contribution in [2.75, 3.05) is 21.0 Å². The number of methoxy groups -OCH3 is 2. The largest absolute Gasteiger partial charge is 0.492 e. The predicted octanol–water partition coefficient (Wildman–Crippen LogP) is 0.535. The fourth-order valence-corrected chi connectivity index (χ4v) is 1.88. The number of aliphatic hydroxyl groups is 1. The number of aliphatic hydroxyl groups excluding tert-OH is 1. The van der Waals surface area contributed by atoms with Crippen LogP contribution in [0.3, 0.4) is 0 Å². The van der Waals surface area contributed by atoms with Gasteiger partial charge in [-0.2, -0.15) is 0 Å². The number of hydrogen-bond donors (Lipinski definition) is 1. The van der Waals surface area contributed by atoms with Gasteiger partial charge in [0.25, 0.3) is 0 Å². The summed E-state index contributed by atoms with van der Waals surface area (Å²) in [5.74, 6) is 1.82. The molecule has 0 spiro atoms. The molecule has 1 atom stereocenters. The van der Waals surface area contributed by atoms with E-state index in [0.29, 0.717) is 34.8 Å². The second-order valence-electron chi connectivity index (χ2n) is 3.74. The van der Waals surface area contributed by atoms with Crippen LogP contribution in [0.2, 0.25) is 0 Å². The molecule has 1 aliphatic heterocycles. The number of carbonyl (C=O) groups is 1. The summed E-state index contributed by atoms with van der Waals surface area (Å²) >= 11 is 0. The predicted molar refractivity (Wildman–Crippen MR) is 61.4 cm³/mol. The van der Waals surface area contributed by atoms with E-state index < -0.39 is 6.10 Å². The Balaban J connectivity index is 2.48. The van der Waals surface area contributed by atoms with Gasteiger partial charge in [0, 0.05) is 12.0 Å². The molecule has 18 heavy (non-hydrogen) atoms. The van der Waals surface area contributed by atoms with Crippen molar-refractivity contribution in [3.8, 4) is 23.0 Å². The third-order valence-corrected chi connectivity index (χ3v) is 2.65. The van der Waals surface area contributed by atoms with Crippen LogP contribution >= 0.6 is 0 Å². The molecular weight excluding hydrogens is 240 g/mol. The first kappa shape index (κ1) is 12.5. The van der Waals surface area contributed by atoms with Crippen LogP contribution in [-0.2, 0) is 11.2 Å². The zero-order valence-corrected chi connectivity index (χ0v) is 10.1. The molecule has 6 nitrogen and oxygen atoms in total. The first-order chi connectivity index (χ1) is 8.71. The Morgan fingerprint density at radius 2 is 2.11 bits per heavy atom. The first-order valence-electron chi connectivity index (χ1n) is 5.38. The van der Waals surface area contributed by atoms with E-state index in [0.717, 1.165) is 0 Å². The molecule has 1 heterocycles. The van der Waals surface area contributed by atoms with E-state index >= 15 is 0 Å². The maximum absolute atomic E-state index is 10.5. The third-order valence-electron chi connectivity index (χ3n) is 2.65. The first-order valence-corrected chi connectivity index (χ1v) is 5.38. The van der Waals surface area contributed by atoms with E-state index in [4.69, 9.17) is 18.9 Å². The topological polar surface area (TPSA) is 74.2 Å². The molecule has 0 bridgehead atoms. The van der Waals surface area contributed by atoms with Gasteiger partial charge in [0.2, 0.25) is 18.3 Å². The van der Waals surface area contributed by atoms with Gasteiger partial charge < -0.3 is 28.8 Å². The highest BCUT2D eigenvalue weighted by Gasteiger charge is 2.26. The summed E-state index contributed by atoms with van der Waals surface area (Å²) < 4.78 is 21.0. The van der Waals surface area contributed by atoms with Crippen LogP contribution in [0.4, 0.5) is 0 Å². The molecule has 98 valence electrons. The minimum Gasteiger partial charge on any atom is -0.492 e. The zero-order chi connectivity index (χ0) is 13.1.